The first-order valence-electron chi connectivity index (χ1n) is 9.06. The number of benzene rings is 1. The number of carbonyl (C=O) groups excluding carboxylic acids is 3. The standard InChI is InChI=1S/C19H23N5O4/c1-28-16-6-3-2-5-14(16)7-11-24-18(26)15(22-19(24)27)13-17(25)20-9-12-23-10-4-8-21-23/h2-6,8,10,15H,7,9,11-13H2,1H3,(H,20,25)(H,22,27)/t15-/m0/s1. The summed E-state index contributed by atoms with van der Waals surface area (Å²) < 4.78 is 6.99. The number of imide groups is 1. The average Bonchev–Trinajstić information content (AvgIpc) is 3.29. The molecule has 0 bridgehead atoms. The van der Waals surface area contributed by atoms with Crippen molar-refractivity contribution in [3.8, 4) is 5.75 Å². The van der Waals surface area contributed by atoms with E-state index in [4.69, 9.17) is 4.74 Å². The fourth-order valence-electron chi connectivity index (χ4n) is 3.07. The molecule has 1 aliphatic heterocycles. The van der Waals surface area contributed by atoms with E-state index in [1.807, 2.05) is 24.3 Å². The third-order valence-corrected chi connectivity index (χ3v) is 4.52. The van der Waals surface area contributed by atoms with Gasteiger partial charge in [-0.25, -0.2) is 4.79 Å². The number of urea groups is 1. The number of carbonyl (C=O) groups is 3. The molecule has 1 aromatic carbocycles. The van der Waals surface area contributed by atoms with Crippen molar-refractivity contribution in [2.24, 2.45) is 0 Å². The van der Waals surface area contributed by atoms with E-state index < -0.39 is 12.1 Å². The van der Waals surface area contributed by atoms with Crippen molar-refractivity contribution in [3.63, 3.8) is 0 Å². The summed E-state index contributed by atoms with van der Waals surface area (Å²) in [4.78, 5) is 37.9. The quantitative estimate of drug-likeness (QED) is 0.614. The second-order valence-electron chi connectivity index (χ2n) is 6.38. The third-order valence-electron chi connectivity index (χ3n) is 4.52. The van der Waals surface area contributed by atoms with Gasteiger partial charge in [0.2, 0.25) is 5.91 Å². The first-order valence-corrected chi connectivity index (χ1v) is 9.06. The molecule has 0 unspecified atom stereocenters. The molecule has 1 fully saturated rings. The Morgan fingerprint density at radius 3 is 2.82 bits per heavy atom. The maximum Gasteiger partial charge on any atom is 0.324 e. The second kappa shape index (κ2) is 9.03. The lowest BCUT2D eigenvalue weighted by Crippen LogP contribution is -2.37. The van der Waals surface area contributed by atoms with Crippen molar-refractivity contribution in [3.05, 3.63) is 48.3 Å². The van der Waals surface area contributed by atoms with Gasteiger partial charge in [-0.3, -0.25) is 19.2 Å². The van der Waals surface area contributed by atoms with Crippen molar-refractivity contribution in [2.45, 2.75) is 25.4 Å². The van der Waals surface area contributed by atoms with Crippen molar-refractivity contribution in [1.82, 2.24) is 25.3 Å². The molecule has 2 aromatic rings. The van der Waals surface area contributed by atoms with E-state index in [-0.39, 0.29) is 24.8 Å². The summed E-state index contributed by atoms with van der Waals surface area (Å²) in [5, 5.41) is 9.36. The molecule has 0 saturated carbocycles. The first kappa shape index (κ1) is 19.4. The molecule has 28 heavy (non-hydrogen) atoms. The number of rotatable bonds is 9. The zero-order valence-corrected chi connectivity index (χ0v) is 15.6. The van der Waals surface area contributed by atoms with Gasteiger partial charge < -0.3 is 15.4 Å². The summed E-state index contributed by atoms with van der Waals surface area (Å²) in [6, 6.07) is 7.94. The van der Waals surface area contributed by atoms with Gasteiger partial charge in [-0.2, -0.15) is 5.10 Å². The monoisotopic (exact) mass is 385 g/mol. The lowest BCUT2D eigenvalue weighted by atomic mass is 10.1. The Kier molecular flexibility index (Phi) is 6.25. The van der Waals surface area contributed by atoms with Crippen LogP contribution in [-0.4, -0.2) is 58.8 Å². The average molecular weight is 385 g/mol. The molecule has 0 aliphatic carbocycles. The van der Waals surface area contributed by atoms with Gasteiger partial charge in [0.05, 0.1) is 20.1 Å². The number of amides is 4. The number of nitrogens with zero attached hydrogens (tertiary/aromatic N) is 3. The van der Waals surface area contributed by atoms with Crippen LogP contribution in [0.3, 0.4) is 0 Å². The maximum absolute atomic E-state index is 12.5. The number of aromatic nitrogens is 2. The smallest absolute Gasteiger partial charge is 0.324 e. The second-order valence-corrected chi connectivity index (χ2v) is 6.38. The van der Waals surface area contributed by atoms with E-state index in [0.29, 0.717) is 25.3 Å². The van der Waals surface area contributed by atoms with E-state index in [0.717, 1.165) is 10.5 Å². The van der Waals surface area contributed by atoms with Crippen molar-refractivity contribution in [2.75, 3.05) is 20.2 Å². The number of methoxy groups -OCH3 is 1. The Balaban J connectivity index is 1.48. The summed E-state index contributed by atoms with van der Waals surface area (Å²) in [7, 11) is 1.58. The zero-order valence-electron chi connectivity index (χ0n) is 15.6. The van der Waals surface area contributed by atoms with Gasteiger partial charge in [0.1, 0.15) is 11.8 Å². The highest BCUT2D eigenvalue weighted by atomic mass is 16.5. The van der Waals surface area contributed by atoms with E-state index in [2.05, 4.69) is 15.7 Å². The minimum absolute atomic E-state index is 0.0885. The van der Waals surface area contributed by atoms with Crippen LogP contribution in [-0.2, 0) is 22.6 Å². The summed E-state index contributed by atoms with van der Waals surface area (Å²) in [5.74, 6) is 0.0298. The molecular formula is C19H23N5O4. The SMILES string of the molecule is COc1ccccc1CCN1C(=O)N[C@@H](CC(=O)NCCn2cccn2)C1=O. The Hall–Kier alpha value is -3.36. The molecule has 1 aliphatic rings. The van der Waals surface area contributed by atoms with Crippen LogP contribution in [0.15, 0.2) is 42.7 Å². The van der Waals surface area contributed by atoms with Gasteiger partial charge in [-0.15, -0.1) is 0 Å². The maximum atomic E-state index is 12.5. The molecule has 4 amide bonds. The Morgan fingerprint density at radius 2 is 2.07 bits per heavy atom. The van der Waals surface area contributed by atoms with Crippen LogP contribution < -0.4 is 15.4 Å². The fraction of sp³-hybridized carbons (Fsp3) is 0.368. The van der Waals surface area contributed by atoms with E-state index >= 15 is 0 Å². The van der Waals surface area contributed by atoms with E-state index in [1.165, 1.54) is 0 Å². The summed E-state index contributed by atoms with van der Waals surface area (Å²) in [6.07, 6.45) is 3.85. The molecule has 0 spiro atoms. The van der Waals surface area contributed by atoms with Crippen molar-refractivity contribution < 1.29 is 19.1 Å². The van der Waals surface area contributed by atoms with Gasteiger partial charge in [0, 0.05) is 25.5 Å². The van der Waals surface area contributed by atoms with Gasteiger partial charge in [0.15, 0.2) is 0 Å². The molecule has 1 saturated heterocycles. The molecule has 2 heterocycles. The van der Waals surface area contributed by atoms with Crippen LogP contribution in [0.1, 0.15) is 12.0 Å². The highest BCUT2D eigenvalue weighted by Gasteiger charge is 2.38. The fourth-order valence-corrected chi connectivity index (χ4v) is 3.07. The third kappa shape index (κ3) is 4.67. The van der Waals surface area contributed by atoms with Crippen LogP contribution in [0.4, 0.5) is 4.79 Å². The normalized spacial score (nSPS) is 16.2. The number of hydrogen-bond donors (Lipinski definition) is 2. The molecule has 0 radical (unpaired) electrons. The Morgan fingerprint density at radius 1 is 1.25 bits per heavy atom. The molecule has 3 rings (SSSR count). The molecule has 9 heteroatoms. The number of ether oxygens (including phenoxy) is 1. The van der Waals surface area contributed by atoms with E-state index in [9.17, 15) is 14.4 Å². The van der Waals surface area contributed by atoms with Crippen LogP contribution in [0.5, 0.6) is 5.75 Å². The van der Waals surface area contributed by atoms with Crippen molar-refractivity contribution in [1.29, 1.82) is 0 Å². The predicted molar refractivity (Wildman–Crippen MR) is 101 cm³/mol. The lowest BCUT2D eigenvalue weighted by Gasteiger charge is -2.14. The van der Waals surface area contributed by atoms with E-state index in [1.54, 1.807) is 30.3 Å². The first-order chi connectivity index (χ1) is 13.6. The predicted octanol–water partition coefficient (Wildman–Crippen LogP) is 0.561. The highest BCUT2D eigenvalue weighted by Crippen LogP contribution is 2.19. The Labute approximate surface area is 162 Å². The van der Waals surface area contributed by atoms with Crippen LogP contribution in [0.25, 0.3) is 0 Å². The topological polar surface area (TPSA) is 106 Å². The molecule has 2 N–H and O–H groups in total. The molecular weight excluding hydrogens is 362 g/mol. The van der Waals surface area contributed by atoms with Crippen molar-refractivity contribution >= 4 is 17.8 Å². The van der Waals surface area contributed by atoms with Crippen LogP contribution in [0.2, 0.25) is 0 Å². The summed E-state index contributed by atoms with van der Waals surface area (Å²) in [5.41, 5.74) is 0.908. The molecule has 1 atom stereocenters. The Bertz CT molecular complexity index is 837. The number of hydrogen-bond acceptors (Lipinski definition) is 5. The largest absolute Gasteiger partial charge is 0.496 e. The van der Waals surface area contributed by atoms with Gasteiger partial charge >= 0.3 is 6.03 Å². The van der Waals surface area contributed by atoms with Crippen LogP contribution >= 0.6 is 0 Å². The number of para-hydroxylation sites is 1. The van der Waals surface area contributed by atoms with Crippen LogP contribution in [0, 0.1) is 0 Å². The zero-order chi connectivity index (χ0) is 19.9. The highest BCUT2D eigenvalue weighted by molar-refractivity contribution is 6.05. The molecule has 1 aromatic heterocycles. The summed E-state index contributed by atoms with van der Waals surface area (Å²) >= 11 is 0. The molecule has 148 valence electrons. The van der Waals surface area contributed by atoms with Gasteiger partial charge in [-0.1, -0.05) is 18.2 Å². The number of nitrogens with one attached hydrogen (secondary N) is 2. The lowest BCUT2D eigenvalue weighted by molar-refractivity contribution is -0.130. The van der Waals surface area contributed by atoms with Gasteiger partial charge in [-0.05, 0) is 24.1 Å². The minimum Gasteiger partial charge on any atom is -0.496 e. The van der Waals surface area contributed by atoms with Gasteiger partial charge in [0.25, 0.3) is 5.91 Å². The molecule has 9 nitrogen and oxygen atoms in total. The summed E-state index contributed by atoms with van der Waals surface area (Å²) in [6.45, 7) is 1.16. The minimum atomic E-state index is -0.838.